The molecule has 2 aliphatic heterocycles. The molecule has 2 N–H and O–H groups in total. The third kappa shape index (κ3) is 6.92. The third-order valence-corrected chi connectivity index (χ3v) is 6.78. The van der Waals surface area contributed by atoms with Gasteiger partial charge in [0.2, 0.25) is 0 Å². The van der Waals surface area contributed by atoms with Gasteiger partial charge in [-0.05, 0) is 72.5 Å². The average Bonchev–Trinajstić information content (AvgIpc) is 2.76. The van der Waals surface area contributed by atoms with E-state index in [4.69, 9.17) is 5.11 Å². The first-order valence-corrected chi connectivity index (χ1v) is 12.0. The molecule has 1 saturated heterocycles. The molecule has 8 heteroatoms. The zero-order valence-corrected chi connectivity index (χ0v) is 19.9. The molecule has 2 fully saturated rings. The Morgan fingerprint density at radius 2 is 1.94 bits per heavy atom. The number of piperidine rings is 1. The predicted molar refractivity (Wildman–Crippen MR) is 123 cm³/mol. The molecule has 1 aliphatic carbocycles. The molecule has 0 spiro atoms. The Morgan fingerprint density at radius 3 is 2.65 bits per heavy atom. The van der Waals surface area contributed by atoms with E-state index >= 15 is 0 Å². The summed E-state index contributed by atoms with van der Waals surface area (Å²) < 4.78 is 0. The van der Waals surface area contributed by atoms with Crippen molar-refractivity contribution < 1.29 is 10.0 Å². The highest BCUT2D eigenvalue weighted by molar-refractivity contribution is 5.33. The van der Waals surface area contributed by atoms with Crippen LogP contribution in [0.25, 0.3) is 0 Å². The minimum atomic E-state index is -0.441. The molecule has 0 amide bonds. The van der Waals surface area contributed by atoms with Crippen molar-refractivity contribution in [3.05, 3.63) is 23.2 Å². The first-order chi connectivity index (χ1) is 15.0. The second-order valence-electron chi connectivity index (χ2n) is 9.54. The highest BCUT2D eigenvalue weighted by Gasteiger charge is 2.31. The van der Waals surface area contributed by atoms with Gasteiger partial charge in [0.25, 0.3) is 0 Å². The molecular formula is C23H42N7O+. The van der Waals surface area contributed by atoms with Crippen LogP contribution in [0.4, 0.5) is 0 Å². The molecule has 2 heterocycles. The molecule has 3 atom stereocenters. The average molecular weight is 433 g/mol. The van der Waals surface area contributed by atoms with Crippen molar-refractivity contribution in [3.8, 4) is 0 Å². The van der Waals surface area contributed by atoms with Gasteiger partial charge in [0.1, 0.15) is 11.4 Å². The third-order valence-electron chi connectivity index (χ3n) is 6.78. The number of rotatable bonds is 8. The number of likely N-dealkylation sites (tertiary alicyclic amines) is 1. The van der Waals surface area contributed by atoms with Crippen LogP contribution in [0, 0.1) is 0 Å². The summed E-state index contributed by atoms with van der Waals surface area (Å²) >= 11 is 0. The lowest BCUT2D eigenvalue weighted by molar-refractivity contribution is -0.867. The standard InChI is InChI=1S/C23H41N7O/c1-18-21(27-26-20-15-19(25-24-2)9-10-23(20)31)16-29(12-8-11-28(3)4)17-22(18)30-13-6-5-7-14-30/h16,19-20,23,31H,5-15,17H2,1-4H3/p+1. The molecule has 3 aliphatic rings. The number of nitrogens with one attached hydrogen (secondary N) is 1. The van der Waals surface area contributed by atoms with Gasteiger partial charge in [0.15, 0.2) is 0 Å². The predicted octanol–water partition coefficient (Wildman–Crippen LogP) is 2.25. The zero-order chi connectivity index (χ0) is 22.2. The molecule has 3 unspecified atom stereocenters. The van der Waals surface area contributed by atoms with Gasteiger partial charge in [-0.3, -0.25) is 0 Å². The Balaban J connectivity index is 1.76. The fourth-order valence-corrected chi connectivity index (χ4v) is 4.92. The lowest BCUT2D eigenvalue weighted by atomic mass is 9.89. The highest BCUT2D eigenvalue weighted by atomic mass is 16.3. The minimum Gasteiger partial charge on any atom is -0.391 e. The molecule has 8 nitrogen and oxygen atoms in total. The zero-order valence-electron chi connectivity index (χ0n) is 19.9. The van der Waals surface area contributed by atoms with Crippen LogP contribution in [0.5, 0.6) is 0 Å². The van der Waals surface area contributed by atoms with Gasteiger partial charge in [-0.15, -0.1) is 0 Å². The number of aliphatic hydroxyl groups is 1. The summed E-state index contributed by atoms with van der Waals surface area (Å²) in [6, 6.07) is -0.0573. The van der Waals surface area contributed by atoms with Gasteiger partial charge in [0, 0.05) is 25.4 Å². The Labute approximate surface area is 187 Å². The van der Waals surface area contributed by atoms with Gasteiger partial charge in [-0.1, -0.05) is 0 Å². The van der Waals surface area contributed by atoms with Crippen molar-refractivity contribution in [2.45, 2.75) is 70.1 Å². The second kappa shape index (κ2) is 11.8. The lowest BCUT2D eigenvalue weighted by Gasteiger charge is -2.33. The monoisotopic (exact) mass is 432 g/mol. The molecule has 0 aromatic heterocycles. The number of quaternary nitrogens is 1. The van der Waals surface area contributed by atoms with Crippen LogP contribution in [0.1, 0.15) is 51.9 Å². The molecule has 31 heavy (non-hydrogen) atoms. The minimum absolute atomic E-state index is 0.144. The number of azo groups is 2. The Bertz CT molecular complexity index is 694. The molecule has 3 rings (SSSR count). The van der Waals surface area contributed by atoms with Crippen LogP contribution in [-0.4, -0.2) is 87.0 Å². The van der Waals surface area contributed by atoms with E-state index < -0.39 is 6.10 Å². The maximum Gasteiger partial charge on any atom is 0.132 e. The Hall–Kier alpha value is -1.64. The molecule has 1 saturated carbocycles. The summed E-state index contributed by atoms with van der Waals surface area (Å²) in [5.41, 5.74) is 3.69. The molecule has 0 radical (unpaired) electrons. The molecule has 0 bridgehead atoms. The Kier molecular flexibility index (Phi) is 9.16. The number of hydrogen-bond acceptors (Lipinski definition) is 7. The maximum atomic E-state index is 10.4. The summed E-state index contributed by atoms with van der Waals surface area (Å²) in [4.78, 5) is 6.26. The van der Waals surface area contributed by atoms with Crippen LogP contribution in [0.3, 0.4) is 0 Å². The van der Waals surface area contributed by atoms with E-state index in [1.165, 1.54) is 43.6 Å². The van der Waals surface area contributed by atoms with Crippen LogP contribution in [0.2, 0.25) is 0 Å². The SMILES string of the molecule is CN=NC1CCC(O)C(N=NC2=CN(CCCN(C)C)CC([NH+]3CCCCC3)=C2C)C1. The number of nitrogens with zero attached hydrogens (tertiary/aromatic N) is 6. The number of aliphatic hydroxyl groups excluding tert-OH is 1. The quantitative estimate of drug-likeness (QED) is 0.577. The topological polar surface area (TPSA) is 80.6 Å². The molecule has 0 aromatic rings. The maximum absolute atomic E-state index is 10.4. The molecular weight excluding hydrogens is 390 g/mol. The van der Waals surface area contributed by atoms with Crippen molar-refractivity contribution >= 4 is 0 Å². The Morgan fingerprint density at radius 1 is 1.16 bits per heavy atom. The fraction of sp³-hybridized carbons (Fsp3) is 0.826. The highest BCUT2D eigenvalue weighted by Crippen LogP contribution is 2.27. The van der Waals surface area contributed by atoms with Gasteiger partial charge in [-0.25, -0.2) is 0 Å². The number of hydrogen-bond donors (Lipinski definition) is 2. The van der Waals surface area contributed by atoms with E-state index in [9.17, 15) is 5.11 Å². The van der Waals surface area contributed by atoms with Crippen molar-refractivity contribution in [1.29, 1.82) is 0 Å². The van der Waals surface area contributed by atoms with Crippen molar-refractivity contribution in [1.82, 2.24) is 9.80 Å². The van der Waals surface area contributed by atoms with E-state index in [1.807, 2.05) is 0 Å². The summed E-state index contributed by atoms with van der Waals surface area (Å²) in [5.74, 6) is 0. The van der Waals surface area contributed by atoms with E-state index in [2.05, 4.69) is 52.4 Å². The van der Waals surface area contributed by atoms with Crippen molar-refractivity contribution in [3.63, 3.8) is 0 Å². The van der Waals surface area contributed by atoms with Gasteiger partial charge < -0.3 is 19.8 Å². The summed E-state index contributed by atoms with van der Waals surface area (Å²) in [6.07, 6.45) is 9.11. The van der Waals surface area contributed by atoms with E-state index in [0.717, 1.165) is 44.6 Å². The van der Waals surface area contributed by atoms with Crippen LogP contribution < -0.4 is 4.90 Å². The number of allylic oxidation sites excluding steroid dienone is 1. The lowest BCUT2D eigenvalue weighted by Crippen LogP contribution is -3.11. The summed E-state index contributed by atoms with van der Waals surface area (Å²) in [6.45, 7) is 7.72. The molecule has 174 valence electrons. The normalized spacial score (nSPS) is 28.9. The first-order valence-electron chi connectivity index (χ1n) is 12.0. The summed E-state index contributed by atoms with van der Waals surface area (Å²) in [5, 5.41) is 28.0. The second-order valence-corrected chi connectivity index (χ2v) is 9.54. The first kappa shape index (κ1) is 24.0. The van der Waals surface area contributed by atoms with Crippen LogP contribution >= 0.6 is 0 Å². The van der Waals surface area contributed by atoms with Crippen LogP contribution in [-0.2, 0) is 0 Å². The van der Waals surface area contributed by atoms with Crippen molar-refractivity contribution in [2.24, 2.45) is 20.5 Å². The van der Waals surface area contributed by atoms with Gasteiger partial charge >= 0.3 is 0 Å². The fourth-order valence-electron chi connectivity index (χ4n) is 4.92. The van der Waals surface area contributed by atoms with Gasteiger partial charge in [0.05, 0.1) is 37.8 Å². The molecule has 0 aromatic carbocycles. The van der Waals surface area contributed by atoms with Crippen LogP contribution in [0.15, 0.2) is 43.6 Å². The van der Waals surface area contributed by atoms with E-state index in [1.54, 1.807) is 11.9 Å². The van der Waals surface area contributed by atoms with E-state index in [-0.39, 0.29) is 12.1 Å². The van der Waals surface area contributed by atoms with E-state index in [0.29, 0.717) is 6.42 Å². The smallest absolute Gasteiger partial charge is 0.132 e. The van der Waals surface area contributed by atoms with Gasteiger partial charge in [-0.2, -0.15) is 20.5 Å². The largest absolute Gasteiger partial charge is 0.391 e. The summed E-state index contributed by atoms with van der Waals surface area (Å²) in [7, 11) is 5.96. The van der Waals surface area contributed by atoms with Crippen molar-refractivity contribution in [2.75, 3.05) is 53.9 Å².